The second-order valence-electron chi connectivity index (χ2n) is 8.38. The van der Waals surface area contributed by atoms with Crippen LogP contribution in [0.4, 0.5) is 5.69 Å². The Balaban J connectivity index is 2.02. The van der Waals surface area contributed by atoms with Gasteiger partial charge in [0.1, 0.15) is 17.6 Å². The number of anilines is 1. The predicted octanol–water partition coefficient (Wildman–Crippen LogP) is 4.95. The number of rotatable bonds is 4. The van der Waals surface area contributed by atoms with Gasteiger partial charge in [-0.2, -0.15) is 0 Å². The molecule has 1 amide bonds. The molecule has 1 unspecified atom stereocenters. The Bertz CT molecular complexity index is 1290. The topological polar surface area (TPSA) is 79.7 Å². The van der Waals surface area contributed by atoms with Crippen LogP contribution in [-0.2, 0) is 9.59 Å². The number of Topliss-reactive ketones (excluding diaryl/α,β-unsaturated/α-hetero) is 1. The van der Waals surface area contributed by atoms with Gasteiger partial charge in [-0.05, 0) is 68.7 Å². The monoisotopic (exact) mass is 442 g/mol. The molecule has 33 heavy (non-hydrogen) atoms. The van der Waals surface area contributed by atoms with Gasteiger partial charge in [0, 0.05) is 11.9 Å². The van der Waals surface area contributed by atoms with Crippen molar-refractivity contribution in [3.63, 3.8) is 0 Å². The third kappa shape index (κ3) is 3.78. The van der Waals surface area contributed by atoms with Crippen molar-refractivity contribution in [3.8, 4) is 5.75 Å². The van der Waals surface area contributed by atoms with Crippen LogP contribution in [0, 0.1) is 27.7 Å². The first-order valence-corrected chi connectivity index (χ1v) is 10.7. The number of ketones is 1. The van der Waals surface area contributed by atoms with Crippen LogP contribution in [0.1, 0.15) is 39.6 Å². The van der Waals surface area contributed by atoms with Crippen molar-refractivity contribution in [2.45, 2.75) is 33.7 Å². The lowest BCUT2D eigenvalue weighted by molar-refractivity contribution is -0.132. The Kier molecular flexibility index (Phi) is 5.77. The minimum atomic E-state index is -0.877. The second-order valence-corrected chi connectivity index (χ2v) is 8.38. The Morgan fingerprint density at radius 2 is 1.70 bits per heavy atom. The average molecular weight is 443 g/mol. The minimum Gasteiger partial charge on any atom is -0.507 e. The molecule has 6 nitrogen and oxygen atoms in total. The molecule has 0 radical (unpaired) electrons. The fraction of sp³-hybridized carbons (Fsp3) is 0.222. The van der Waals surface area contributed by atoms with Crippen molar-refractivity contribution in [3.05, 3.63) is 93.8 Å². The van der Waals surface area contributed by atoms with E-state index in [-0.39, 0.29) is 11.3 Å². The van der Waals surface area contributed by atoms with Gasteiger partial charge < -0.3 is 9.84 Å². The van der Waals surface area contributed by atoms with E-state index >= 15 is 0 Å². The van der Waals surface area contributed by atoms with Gasteiger partial charge in [-0.3, -0.25) is 19.5 Å². The number of hydrogen-bond acceptors (Lipinski definition) is 5. The fourth-order valence-electron chi connectivity index (χ4n) is 4.52. The molecule has 0 bridgehead atoms. The summed E-state index contributed by atoms with van der Waals surface area (Å²) in [6.45, 7) is 7.62. The highest BCUT2D eigenvalue weighted by Crippen LogP contribution is 2.44. The second kappa shape index (κ2) is 8.54. The van der Waals surface area contributed by atoms with Crippen LogP contribution in [-0.4, -0.2) is 28.9 Å². The molecular formula is C27H26N2O4. The van der Waals surface area contributed by atoms with Crippen molar-refractivity contribution in [2.24, 2.45) is 0 Å². The van der Waals surface area contributed by atoms with Gasteiger partial charge in [0.05, 0.1) is 23.9 Å². The third-order valence-electron chi connectivity index (χ3n) is 5.90. The van der Waals surface area contributed by atoms with Crippen LogP contribution < -0.4 is 9.64 Å². The lowest BCUT2D eigenvalue weighted by Crippen LogP contribution is -2.30. The van der Waals surface area contributed by atoms with Crippen molar-refractivity contribution in [1.29, 1.82) is 0 Å². The van der Waals surface area contributed by atoms with Gasteiger partial charge in [-0.1, -0.05) is 29.8 Å². The number of aromatic nitrogens is 1. The van der Waals surface area contributed by atoms with Gasteiger partial charge in [-0.15, -0.1) is 0 Å². The number of aliphatic hydroxyl groups excluding tert-OH is 1. The zero-order chi connectivity index (χ0) is 23.9. The van der Waals surface area contributed by atoms with E-state index in [1.54, 1.807) is 30.5 Å². The normalized spacial score (nSPS) is 17.5. The number of amides is 1. The van der Waals surface area contributed by atoms with Gasteiger partial charge in [0.2, 0.25) is 0 Å². The molecule has 1 aromatic heterocycles. The van der Waals surface area contributed by atoms with Gasteiger partial charge in [0.15, 0.2) is 0 Å². The molecule has 1 aliphatic heterocycles. The number of ether oxygens (including phenoxy) is 1. The molecule has 168 valence electrons. The molecule has 4 rings (SSSR count). The first kappa shape index (κ1) is 22.3. The van der Waals surface area contributed by atoms with Crippen molar-refractivity contribution >= 4 is 23.1 Å². The number of carbonyl (C=O) groups is 2. The fourth-order valence-corrected chi connectivity index (χ4v) is 4.52. The first-order chi connectivity index (χ1) is 15.7. The van der Waals surface area contributed by atoms with Crippen LogP contribution in [0.3, 0.4) is 0 Å². The zero-order valence-corrected chi connectivity index (χ0v) is 19.3. The lowest BCUT2D eigenvalue weighted by atomic mass is 9.95. The molecule has 3 aromatic rings. The number of aliphatic hydroxyl groups is 1. The summed E-state index contributed by atoms with van der Waals surface area (Å²) in [5, 5.41) is 11.5. The summed E-state index contributed by atoms with van der Waals surface area (Å²) in [6.07, 6.45) is 1.61. The summed E-state index contributed by atoms with van der Waals surface area (Å²) in [7, 11) is 1.51. The van der Waals surface area contributed by atoms with E-state index in [2.05, 4.69) is 4.98 Å². The van der Waals surface area contributed by atoms with Crippen LogP contribution in [0.15, 0.2) is 60.3 Å². The zero-order valence-electron chi connectivity index (χ0n) is 19.3. The Hall–Kier alpha value is -3.93. The highest BCUT2D eigenvalue weighted by molar-refractivity contribution is 6.51. The minimum absolute atomic E-state index is 0.0121. The summed E-state index contributed by atoms with van der Waals surface area (Å²) in [4.78, 5) is 32.6. The third-order valence-corrected chi connectivity index (χ3v) is 5.90. The molecule has 0 saturated carbocycles. The average Bonchev–Trinajstić information content (AvgIpc) is 3.04. The standard InChI is InChI=1S/C27H26N2O4/c1-15-9-10-21(17(3)12-15)29-23(20-8-6-7-11-28-20)22(25(31)27(29)32)24(30)19-14-16(2)13-18(4)26(19)33-5/h6-14,23,30H,1-5H3/b24-22+. The highest BCUT2D eigenvalue weighted by atomic mass is 16.5. The number of carbonyl (C=O) groups excluding carboxylic acids is 2. The maximum Gasteiger partial charge on any atom is 0.300 e. The number of methoxy groups -OCH3 is 1. The summed E-state index contributed by atoms with van der Waals surface area (Å²) in [5.74, 6) is -1.29. The molecule has 1 aliphatic rings. The van der Waals surface area contributed by atoms with Crippen LogP contribution >= 0.6 is 0 Å². The Labute approximate surface area is 193 Å². The van der Waals surface area contributed by atoms with E-state index in [9.17, 15) is 14.7 Å². The quantitative estimate of drug-likeness (QED) is 0.351. The van der Waals surface area contributed by atoms with Gasteiger partial charge in [0.25, 0.3) is 11.7 Å². The molecule has 1 fully saturated rings. The first-order valence-electron chi connectivity index (χ1n) is 10.7. The van der Waals surface area contributed by atoms with E-state index in [1.807, 2.05) is 52.0 Å². The van der Waals surface area contributed by atoms with E-state index in [0.29, 0.717) is 22.7 Å². The molecule has 2 aromatic carbocycles. The number of benzene rings is 2. The molecule has 2 heterocycles. The van der Waals surface area contributed by atoms with Gasteiger partial charge >= 0.3 is 0 Å². The molecule has 1 N–H and O–H groups in total. The lowest BCUT2D eigenvalue weighted by Gasteiger charge is -2.26. The van der Waals surface area contributed by atoms with Gasteiger partial charge in [-0.25, -0.2) is 0 Å². The molecule has 1 atom stereocenters. The summed E-state index contributed by atoms with van der Waals surface area (Å²) < 4.78 is 5.54. The van der Waals surface area contributed by atoms with Crippen molar-refractivity contribution < 1.29 is 19.4 Å². The van der Waals surface area contributed by atoms with Crippen molar-refractivity contribution in [1.82, 2.24) is 4.98 Å². The molecule has 0 spiro atoms. The molecule has 1 saturated heterocycles. The highest BCUT2D eigenvalue weighted by Gasteiger charge is 2.48. The van der Waals surface area contributed by atoms with Crippen molar-refractivity contribution in [2.75, 3.05) is 12.0 Å². The van der Waals surface area contributed by atoms with E-state index in [0.717, 1.165) is 22.3 Å². The summed E-state index contributed by atoms with van der Waals surface area (Å²) >= 11 is 0. The molecule has 6 heteroatoms. The van der Waals surface area contributed by atoms with E-state index in [4.69, 9.17) is 4.74 Å². The largest absolute Gasteiger partial charge is 0.507 e. The maximum absolute atomic E-state index is 13.4. The van der Waals surface area contributed by atoms with E-state index in [1.165, 1.54) is 12.0 Å². The smallest absolute Gasteiger partial charge is 0.300 e. The van der Waals surface area contributed by atoms with Crippen LogP contribution in [0.25, 0.3) is 5.76 Å². The summed E-state index contributed by atoms with van der Waals surface area (Å²) in [5.41, 5.74) is 5.05. The number of nitrogens with zero attached hydrogens (tertiary/aromatic N) is 2. The Morgan fingerprint density at radius 3 is 2.33 bits per heavy atom. The molecular weight excluding hydrogens is 416 g/mol. The Morgan fingerprint density at radius 1 is 0.970 bits per heavy atom. The summed E-state index contributed by atoms with van der Waals surface area (Å²) in [6, 6.07) is 13.8. The maximum atomic E-state index is 13.4. The number of aryl methyl sites for hydroxylation is 4. The number of pyridine rings is 1. The van der Waals surface area contributed by atoms with Crippen LogP contribution in [0.5, 0.6) is 5.75 Å². The SMILES string of the molecule is COc1c(C)cc(C)cc1/C(O)=C1\C(=O)C(=O)N(c2ccc(C)cc2C)C1c1ccccn1. The van der Waals surface area contributed by atoms with E-state index < -0.39 is 17.7 Å². The number of hydrogen-bond donors (Lipinski definition) is 1. The van der Waals surface area contributed by atoms with Crippen LogP contribution in [0.2, 0.25) is 0 Å². The predicted molar refractivity (Wildman–Crippen MR) is 127 cm³/mol. The molecule has 0 aliphatic carbocycles.